The Morgan fingerprint density at radius 1 is 1.45 bits per heavy atom. The fourth-order valence-corrected chi connectivity index (χ4v) is 2.78. The van der Waals surface area contributed by atoms with Gasteiger partial charge in [-0.1, -0.05) is 18.9 Å². The second-order valence-electron chi connectivity index (χ2n) is 5.41. The number of aliphatic carboxylic acids is 1. The molecular formula is C16H20FNO2. The summed E-state index contributed by atoms with van der Waals surface area (Å²) in [6.45, 7) is 0.876. The van der Waals surface area contributed by atoms with Crippen molar-refractivity contribution in [2.75, 3.05) is 18.5 Å². The highest BCUT2D eigenvalue weighted by atomic mass is 19.1. The first-order valence-electron chi connectivity index (χ1n) is 6.98. The maximum absolute atomic E-state index is 14.1. The molecular weight excluding hydrogens is 257 g/mol. The Morgan fingerprint density at radius 2 is 2.15 bits per heavy atom. The Morgan fingerprint density at radius 3 is 2.75 bits per heavy atom. The average Bonchev–Trinajstić information content (AvgIpc) is 2.89. The second-order valence-corrected chi connectivity index (χ2v) is 5.41. The van der Waals surface area contributed by atoms with Gasteiger partial charge in [0.1, 0.15) is 5.82 Å². The van der Waals surface area contributed by atoms with Gasteiger partial charge in [-0.25, -0.2) is 9.18 Å². The molecule has 1 N–H and O–H groups in total. The fraction of sp³-hybridized carbons (Fsp3) is 0.438. The zero-order valence-corrected chi connectivity index (χ0v) is 11.7. The summed E-state index contributed by atoms with van der Waals surface area (Å²) >= 11 is 0. The van der Waals surface area contributed by atoms with Gasteiger partial charge < -0.3 is 10.0 Å². The standard InChI is InChI=1S/C16H20FNO2/c1-18(11-13-4-2-3-5-13)15-8-6-12(10-14(15)17)7-9-16(19)20/h6-10,13H,2-5,11H2,1H3,(H,19,20). The Hall–Kier alpha value is -1.84. The molecule has 108 valence electrons. The number of anilines is 1. The molecule has 1 aliphatic carbocycles. The molecule has 0 atom stereocenters. The molecule has 20 heavy (non-hydrogen) atoms. The van der Waals surface area contributed by atoms with Crippen molar-refractivity contribution in [1.29, 1.82) is 0 Å². The van der Waals surface area contributed by atoms with E-state index >= 15 is 0 Å². The normalized spacial score (nSPS) is 15.9. The van der Waals surface area contributed by atoms with Gasteiger partial charge in [-0.2, -0.15) is 0 Å². The lowest BCUT2D eigenvalue weighted by molar-refractivity contribution is -0.131. The highest BCUT2D eigenvalue weighted by Crippen LogP contribution is 2.28. The Kier molecular flexibility index (Phi) is 4.77. The molecule has 0 radical (unpaired) electrons. The molecule has 3 nitrogen and oxygen atoms in total. The van der Waals surface area contributed by atoms with E-state index in [0.29, 0.717) is 17.2 Å². The molecule has 0 aliphatic heterocycles. The van der Waals surface area contributed by atoms with Gasteiger partial charge in [-0.05, 0) is 42.5 Å². The predicted octanol–water partition coefficient (Wildman–Crippen LogP) is 3.55. The van der Waals surface area contributed by atoms with Crippen molar-refractivity contribution in [3.63, 3.8) is 0 Å². The maximum Gasteiger partial charge on any atom is 0.328 e. The van der Waals surface area contributed by atoms with E-state index in [1.54, 1.807) is 12.1 Å². The van der Waals surface area contributed by atoms with Crippen molar-refractivity contribution < 1.29 is 14.3 Å². The number of carboxylic acids is 1. The molecule has 0 bridgehead atoms. The molecule has 1 aromatic carbocycles. The first kappa shape index (κ1) is 14.6. The van der Waals surface area contributed by atoms with Crippen molar-refractivity contribution >= 4 is 17.7 Å². The second kappa shape index (κ2) is 6.55. The molecule has 4 heteroatoms. The summed E-state index contributed by atoms with van der Waals surface area (Å²) in [5, 5.41) is 8.56. The van der Waals surface area contributed by atoms with Crippen LogP contribution in [0.3, 0.4) is 0 Å². The number of hydrogen-bond acceptors (Lipinski definition) is 2. The summed E-state index contributed by atoms with van der Waals surface area (Å²) in [6.07, 6.45) is 7.42. The molecule has 1 fully saturated rings. The lowest BCUT2D eigenvalue weighted by Gasteiger charge is -2.23. The molecule has 0 amide bonds. The highest BCUT2D eigenvalue weighted by Gasteiger charge is 2.18. The maximum atomic E-state index is 14.1. The summed E-state index contributed by atoms with van der Waals surface area (Å²) in [6, 6.07) is 4.83. The van der Waals surface area contributed by atoms with Crippen molar-refractivity contribution in [3.05, 3.63) is 35.7 Å². The zero-order valence-electron chi connectivity index (χ0n) is 11.7. The van der Waals surface area contributed by atoms with Crippen LogP contribution in [-0.2, 0) is 4.79 Å². The monoisotopic (exact) mass is 277 g/mol. The van der Waals surface area contributed by atoms with Gasteiger partial charge in [-0.15, -0.1) is 0 Å². The molecule has 1 aliphatic rings. The molecule has 0 saturated heterocycles. The van der Waals surface area contributed by atoms with Crippen LogP contribution < -0.4 is 4.90 Å². The van der Waals surface area contributed by atoms with Crippen LogP contribution >= 0.6 is 0 Å². The van der Waals surface area contributed by atoms with Gasteiger partial charge in [0.25, 0.3) is 0 Å². The molecule has 1 aromatic rings. The van der Waals surface area contributed by atoms with Crippen molar-refractivity contribution in [1.82, 2.24) is 0 Å². The molecule has 1 saturated carbocycles. The molecule has 0 heterocycles. The van der Waals surface area contributed by atoms with E-state index < -0.39 is 5.97 Å². The fourth-order valence-electron chi connectivity index (χ4n) is 2.78. The average molecular weight is 277 g/mol. The topological polar surface area (TPSA) is 40.5 Å². The van der Waals surface area contributed by atoms with Crippen molar-refractivity contribution in [3.8, 4) is 0 Å². The highest BCUT2D eigenvalue weighted by molar-refractivity contribution is 5.85. The quantitative estimate of drug-likeness (QED) is 0.837. The lowest BCUT2D eigenvalue weighted by atomic mass is 10.1. The third-order valence-electron chi connectivity index (χ3n) is 3.81. The van der Waals surface area contributed by atoms with Crippen molar-refractivity contribution in [2.24, 2.45) is 5.92 Å². The number of halogens is 1. The van der Waals surface area contributed by atoms with E-state index in [1.165, 1.54) is 37.8 Å². The zero-order chi connectivity index (χ0) is 14.5. The van der Waals surface area contributed by atoms with Crippen LogP contribution in [0.15, 0.2) is 24.3 Å². The van der Waals surface area contributed by atoms with Gasteiger partial charge in [-0.3, -0.25) is 0 Å². The number of benzene rings is 1. The number of hydrogen-bond donors (Lipinski definition) is 1. The van der Waals surface area contributed by atoms with Crippen LogP contribution in [-0.4, -0.2) is 24.7 Å². The number of carbonyl (C=O) groups is 1. The smallest absolute Gasteiger partial charge is 0.328 e. The molecule has 0 unspecified atom stereocenters. The van der Waals surface area contributed by atoms with Crippen LogP contribution in [0.4, 0.5) is 10.1 Å². The van der Waals surface area contributed by atoms with Crippen LogP contribution in [0, 0.1) is 11.7 Å². The third kappa shape index (κ3) is 3.83. The Balaban J connectivity index is 2.06. The third-order valence-corrected chi connectivity index (χ3v) is 3.81. The van der Waals surface area contributed by atoms with E-state index in [0.717, 1.165) is 12.6 Å². The molecule has 0 aromatic heterocycles. The molecule has 0 spiro atoms. The van der Waals surface area contributed by atoms with Gasteiger partial charge >= 0.3 is 5.97 Å². The summed E-state index contributed by atoms with van der Waals surface area (Å²) < 4.78 is 14.1. The summed E-state index contributed by atoms with van der Waals surface area (Å²) in [7, 11) is 1.91. The van der Waals surface area contributed by atoms with E-state index in [2.05, 4.69) is 0 Å². The Bertz CT molecular complexity index is 507. The predicted molar refractivity (Wildman–Crippen MR) is 78.3 cm³/mol. The summed E-state index contributed by atoms with van der Waals surface area (Å²) in [5.74, 6) is -0.683. The van der Waals surface area contributed by atoms with Gasteiger partial charge in [0, 0.05) is 19.7 Å². The number of carboxylic acid groups (broad SMARTS) is 1. The lowest BCUT2D eigenvalue weighted by Crippen LogP contribution is -2.24. The van der Waals surface area contributed by atoms with Crippen LogP contribution in [0.2, 0.25) is 0 Å². The van der Waals surface area contributed by atoms with E-state index in [9.17, 15) is 9.18 Å². The SMILES string of the molecule is CN(CC1CCCC1)c1ccc(C=CC(=O)O)cc1F. The van der Waals surface area contributed by atoms with Crippen LogP contribution in [0.25, 0.3) is 6.08 Å². The first-order valence-corrected chi connectivity index (χ1v) is 6.98. The number of nitrogens with zero attached hydrogens (tertiary/aromatic N) is 1. The Labute approximate surface area is 118 Å². The van der Waals surface area contributed by atoms with Crippen LogP contribution in [0.1, 0.15) is 31.2 Å². The van der Waals surface area contributed by atoms with Crippen LogP contribution in [0.5, 0.6) is 0 Å². The minimum Gasteiger partial charge on any atom is -0.478 e. The largest absolute Gasteiger partial charge is 0.478 e. The van der Waals surface area contributed by atoms with Gasteiger partial charge in [0.15, 0.2) is 0 Å². The summed E-state index contributed by atoms with van der Waals surface area (Å²) in [4.78, 5) is 12.4. The first-order chi connectivity index (χ1) is 9.56. The van der Waals surface area contributed by atoms with Crippen molar-refractivity contribution in [2.45, 2.75) is 25.7 Å². The number of rotatable bonds is 5. The minimum absolute atomic E-state index is 0.307. The van der Waals surface area contributed by atoms with Gasteiger partial charge in [0.05, 0.1) is 5.69 Å². The van der Waals surface area contributed by atoms with Gasteiger partial charge in [0.2, 0.25) is 0 Å². The van der Waals surface area contributed by atoms with E-state index in [-0.39, 0.29) is 5.82 Å². The summed E-state index contributed by atoms with van der Waals surface area (Å²) in [5.41, 5.74) is 1.13. The van der Waals surface area contributed by atoms with E-state index in [4.69, 9.17) is 5.11 Å². The minimum atomic E-state index is -1.03. The molecule has 2 rings (SSSR count). The van der Waals surface area contributed by atoms with E-state index in [1.807, 2.05) is 11.9 Å².